The first-order chi connectivity index (χ1) is 9.58. The molecule has 0 unspecified atom stereocenters. The van der Waals surface area contributed by atoms with Crippen molar-refractivity contribution in [3.8, 4) is 0 Å². The van der Waals surface area contributed by atoms with Crippen molar-refractivity contribution >= 4 is 12.0 Å². The van der Waals surface area contributed by atoms with Crippen LogP contribution >= 0.6 is 0 Å². The smallest absolute Gasteiger partial charge is 0.314 e. The number of hydrogen-bond acceptors (Lipinski definition) is 3. The molecule has 0 aliphatic rings. The molecule has 7 nitrogen and oxygen atoms in total. The van der Waals surface area contributed by atoms with Gasteiger partial charge in [0.2, 0.25) is 0 Å². The van der Waals surface area contributed by atoms with E-state index in [0.717, 1.165) is 24.8 Å². The predicted molar refractivity (Wildman–Crippen MR) is 74.4 cm³/mol. The van der Waals surface area contributed by atoms with Crippen LogP contribution in [0, 0.1) is 0 Å². The van der Waals surface area contributed by atoms with E-state index in [1.165, 1.54) is 0 Å². The lowest BCUT2D eigenvalue weighted by molar-refractivity contribution is -0.137. The third kappa shape index (κ3) is 7.40. The number of carboxylic acid groups (broad SMARTS) is 1. The number of aryl methyl sites for hydroxylation is 1. The van der Waals surface area contributed by atoms with Gasteiger partial charge >= 0.3 is 12.0 Å². The van der Waals surface area contributed by atoms with Crippen LogP contribution in [0.15, 0.2) is 12.4 Å². The molecule has 1 aromatic rings. The number of aromatic nitrogens is 2. The van der Waals surface area contributed by atoms with Crippen molar-refractivity contribution in [2.75, 3.05) is 13.1 Å². The van der Waals surface area contributed by atoms with E-state index < -0.39 is 5.97 Å². The van der Waals surface area contributed by atoms with Crippen LogP contribution in [0.2, 0.25) is 0 Å². The normalized spacial score (nSPS) is 10.2. The largest absolute Gasteiger partial charge is 0.481 e. The van der Waals surface area contributed by atoms with E-state index in [-0.39, 0.29) is 12.5 Å². The minimum absolute atomic E-state index is 0.188. The molecule has 3 N–H and O–H groups in total. The number of carbonyl (C=O) groups is 2. The third-order valence-corrected chi connectivity index (χ3v) is 2.81. The van der Waals surface area contributed by atoms with Crippen LogP contribution in [0.3, 0.4) is 0 Å². The Kier molecular flexibility index (Phi) is 7.16. The van der Waals surface area contributed by atoms with Crippen LogP contribution in [0.4, 0.5) is 4.79 Å². The highest BCUT2D eigenvalue weighted by atomic mass is 16.4. The minimum Gasteiger partial charge on any atom is -0.481 e. The number of amides is 2. The SMILES string of the molecule is Cn1cc(CCNC(=O)NCCCCCC(=O)O)cn1. The molecule has 0 aromatic carbocycles. The molecular weight excluding hydrogens is 260 g/mol. The maximum atomic E-state index is 11.4. The molecule has 2 amide bonds. The van der Waals surface area contributed by atoms with Gasteiger partial charge in [0, 0.05) is 32.8 Å². The van der Waals surface area contributed by atoms with Crippen molar-refractivity contribution in [2.24, 2.45) is 7.05 Å². The Morgan fingerprint density at radius 1 is 1.25 bits per heavy atom. The number of aliphatic carboxylic acids is 1. The summed E-state index contributed by atoms with van der Waals surface area (Å²) < 4.78 is 1.73. The summed E-state index contributed by atoms with van der Waals surface area (Å²) in [5.74, 6) is -0.772. The molecular formula is C13H22N4O3. The van der Waals surface area contributed by atoms with Crippen LogP contribution in [-0.4, -0.2) is 40.0 Å². The summed E-state index contributed by atoms with van der Waals surface area (Å²) in [6.45, 7) is 1.13. The summed E-state index contributed by atoms with van der Waals surface area (Å²) in [4.78, 5) is 21.7. The molecule has 0 bridgehead atoms. The fourth-order valence-corrected chi connectivity index (χ4v) is 1.76. The topological polar surface area (TPSA) is 96.2 Å². The highest BCUT2D eigenvalue weighted by Gasteiger charge is 2.01. The van der Waals surface area contributed by atoms with Gasteiger partial charge in [-0.05, 0) is 24.8 Å². The average Bonchev–Trinajstić information content (AvgIpc) is 2.79. The molecule has 1 aromatic heterocycles. The van der Waals surface area contributed by atoms with Crippen molar-refractivity contribution in [1.29, 1.82) is 0 Å². The monoisotopic (exact) mass is 282 g/mol. The highest BCUT2D eigenvalue weighted by Crippen LogP contribution is 1.98. The summed E-state index contributed by atoms with van der Waals surface area (Å²) in [7, 11) is 1.86. The summed E-state index contributed by atoms with van der Waals surface area (Å²) >= 11 is 0. The Hall–Kier alpha value is -2.05. The molecule has 0 radical (unpaired) electrons. The van der Waals surface area contributed by atoms with E-state index in [9.17, 15) is 9.59 Å². The lowest BCUT2D eigenvalue weighted by atomic mass is 10.2. The maximum Gasteiger partial charge on any atom is 0.314 e. The molecule has 0 saturated carbocycles. The molecule has 0 aliphatic heterocycles. The average molecular weight is 282 g/mol. The van der Waals surface area contributed by atoms with Crippen LogP contribution < -0.4 is 10.6 Å². The Bertz CT molecular complexity index is 431. The number of hydrogen-bond donors (Lipinski definition) is 3. The van der Waals surface area contributed by atoms with Crippen molar-refractivity contribution in [3.05, 3.63) is 18.0 Å². The summed E-state index contributed by atoms with van der Waals surface area (Å²) in [5, 5.41) is 18.0. The fraction of sp³-hybridized carbons (Fsp3) is 0.615. The first kappa shape index (κ1) is 16.0. The number of nitrogens with zero attached hydrogens (tertiary/aromatic N) is 2. The van der Waals surface area contributed by atoms with Gasteiger partial charge < -0.3 is 15.7 Å². The second-order valence-corrected chi connectivity index (χ2v) is 4.66. The van der Waals surface area contributed by atoms with Crippen LogP contribution in [0.5, 0.6) is 0 Å². The molecule has 1 heterocycles. The fourth-order valence-electron chi connectivity index (χ4n) is 1.76. The zero-order valence-electron chi connectivity index (χ0n) is 11.8. The molecule has 0 spiro atoms. The van der Waals surface area contributed by atoms with E-state index in [1.54, 1.807) is 10.9 Å². The molecule has 1 rings (SSSR count). The van der Waals surface area contributed by atoms with Gasteiger partial charge in [0.05, 0.1) is 6.20 Å². The number of carboxylic acids is 1. The highest BCUT2D eigenvalue weighted by molar-refractivity contribution is 5.73. The van der Waals surface area contributed by atoms with Crippen LogP contribution in [-0.2, 0) is 18.3 Å². The molecule has 0 saturated heterocycles. The van der Waals surface area contributed by atoms with Crippen molar-refractivity contribution in [1.82, 2.24) is 20.4 Å². The zero-order chi connectivity index (χ0) is 14.8. The van der Waals surface area contributed by atoms with E-state index in [2.05, 4.69) is 15.7 Å². The van der Waals surface area contributed by atoms with Crippen molar-refractivity contribution in [3.63, 3.8) is 0 Å². The van der Waals surface area contributed by atoms with Crippen LogP contribution in [0.25, 0.3) is 0 Å². The quantitative estimate of drug-likeness (QED) is 0.586. The van der Waals surface area contributed by atoms with Gasteiger partial charge in [-0.25, -0.2) is 4.79 Å². The second kappa shape index (κ2) is 8.95. The van der Waals surface area contributed by atoms with Gasteiger partial charge in [-0.1, -0.05) is 6.42 Å². The maximum absolute atomic E-state index is 11.4. The molecule has 112 valence electrons. The predicted octanol–water partition coefficient (Wildman–Crippen LogP) is 0.907. The number of unbranched alkanes of at least 4 members (excludes halogenated alkanes) is 2. The van der Waals surface area contributed by atoms with Crippen molar-refractivity contribution < 1.29 is 14.7 Å². The number of carbonyl (C=O) groups excluding carboxylic acids is 1. The van der Waals surface area contributed by atoms with Gasteiger partial charge in [0.25, 0.3) is 0 Å². The Morgan fingerprint density at radius 2 is 2.00 bits per heavy atom. The summed E-state index contributed by atoms with van der Waals surface area (Å²) in [6.07, 6.45) is 6.90. The van der Waals surface area contributed by atoms with Crippen molar-refractivity contribution in [2.45, 2.75) is 32.1 Å². The van der Waals surface area contributed by atoms with E-state index >= 15 is 0 Å². The molecule has 0 atom stereocenters. The molecule has 7 heteroatoms. The molecule has 0 aliphatic carbocycles. The minimum atomic E-state index is -0.772. The first-order valence-electron chi connectivity index (χ1n) is 6.79. The van der Waals surface area contributed by atoms with Crippen LogP contribution in [0.1, 0.15) is 31.2 Å². The van der Waals surface area contributed by atoms with Gasteiger partial charge in [0.1, 0.15) is 0 Å². The Labute approximate surface area is 118 Å². The second-order valence-electron chi connectivity index (χ2n) is 4.66. The summed E-state index contributed by atoms with van der Waals surface area (Å²) in [5.41, 5.74) is 1.08. The zero-order valence-corrected chi connectivity index (χ0v) is 11.8. The lowest BCUT2D eigenvalue weighted by Crippen LogP contribution is -2.37. The van der Waals surface area contributed by atoms with Gasteiger partial charge in [0.15, 0.2) is 0 Å². The Balaban J connectivity index is 1.96. The first-order valence-corrected chi connectivity index (χ1v) is 6.79. The standard InChI is InChI=1S/C13H22N4O3/c1-17-10-11(9-16-17)6-8-15-13(20)14-7-4-2-3-5-12(18)19/h9-10H,2-8H2,1H3,(H,18,19)(H2,14,15,20). The molecule has 20 heavy (non-hydrogen) atoms. The lowest BCUT2D eigenvalue weighted by Gasteiger charge is -2.06. The van der Waals surface area contributed by atoms with Gasteiger partial charge in [-0.15, -0.1) is 0 Å². The number of nitrogens with one attached hydrogen (secondary N) is 2. The van der Waals surface area contributed by atoms with Gasteiger partial charge in [-0.2, -0.15) is 5.10 Å². The van der Waals surface area contributed by atoms with E-state index in [4.69, 9.17) is 5.11 Å². The number of urea groups is 1. The Morgan fingerprint density at radius 3 is 2.65 bits per heavy atom. The summed E-state index contributed by atoms with van der Waals surface area (Å²) in [6, 6.07) is -0.188. The van der Waals surface area contributed by atoms with Gasteiger partial charge in [-0.3, -0.25) is 9.48 Å². The van der Waals surface area contributed by atoms with E-state index in [0.29, 0.717) is 19.5 Å². The number of rotatable bonds is 9. The molecule has 0 fully saturated rings. The van der Waals surface area contributed by atoms with E-state index in [1.807, 2.05) is 13.2 Å². The third-order valence-electron chi connectivity index (χ3n) is 2.81.